The molecule has 1 heterocycles. The van der Waals surface area contributed by atoms with Gasteiger partial charge in [0.2, 0.25) is 0 Å². The Morgan fingerprint density at radius 3 is 2.59 bits per heavy atom. The lowest BCUT2D eigenvalue weighted by Crippen LogP contribution is -1.80. The number of rotatable bonds is 1. The van der Waals surface area contributed by atoms with Gasteiger partial charge in [0.1, 0.15) is 0 Å². The van der Waals surface area contributed by atoms with Gasteiger partial charge in [0, 0.05) is 10.9 Å². The molecule has 0 fully saturated rings. The van der Waals surface area contributed by atoms with Gasteiger partial charge in [-0.2, -0.15) is 0 Å². The van der Waals surface area contributed by atoms with Crippen LogP contribution in [0, 0.1) is 6.92 Å². The maximum atomic E-state index is 4.44. The normalized spacial score (nSPS) is 10.9. The van der Waals surface area contributed by atoms with E-state index in [1.165, 1.54) is 21.9 Å². The summed E-state index contributed by atoms with van der Waals surface area (Å²) in [5.41, 5.74) is 3.49. The number of halogens is 1. The zero-order valence-electron chi connectivity index (χ0n) is 9.27. The molecule has 0 unspecified atom stereocenters. The number of fused-ring (bicyclic) bond motifs is 1. The summed E-state index contributed by atoms with van der Waals surface area (Å²) in [4.78, 5) is 4.44. The van der Waals surface area contributed by atoms with Crippen LogP contribution in [0.1, 0.15) is 5.56 Å². The Hall–Kier alpha value is -1.19. The van der Waals surface area contributed by atoms with Crippen molar-refractivity contribution in [3.8, 4) is 11.3 Å². The molecule has 1 nitrogen and oxygen atoms in total. The predicted octanol–water partition coefficient (Wildman–Crippen LogP) is 5.03. The first-order valence-corrected chi connectivity index (χ1v) is 7.01. The second-order valence-corrected chi connectivity index (χ2v) is 6.19. The molecular weight excluding hydrogens is 294 g/mol. The minimum Gasteiger partial charge on any atom is -0.229 e. The standard InChI is InChI=1S/C14H10BrNS/c1-9-2-3-11-7-12(5-4-10(11)6-9)13-8-17-14(15)16-13/h2-8H,1H3. The molecule has 0 aliphatic carbocycles. The highest BCUT2D eigenvalue weighted by atomic mass is 79.9. The van der Waals surface area contributed by atoms with Crippen LogP contribution in [0.3, 0.4) is 0 Å². The van der Waals surface area contributed by atoms with Crippen LogP contribution in [-0.2, 0) is 0 Å². The first-order chi connectivity index (χ1) is 8.22. The number of thiazole rings is 1. The number of aromatic nitrogens is 1. The number of benzene rings is 2. The number of nitrogens with zero attached hydrogens (tertiary/aromatic N) is 1. The third kappa shape index (κ3) is 2.13. The molecule has 0 aliphatic heterocycles. The van der Waals surface area contributed by atoms with Crippen LogP contribution >= 0.6 is 27.3 Å². The van der Waals surface area contributed by atoms with E-state index < -0.39 is 0 Å². The van der Waals surface area contributed by atoms with Crippen LogP contribution < -0.4 is 0 Å². The number of aryl methyl sites for hydroxylation is 1. The average Bonchev–Trinajstić information content (AvgIpc) is 2.75. The lowest BCUT2D eigenvalue weighted by molar-refractivity contribution is 1.37. The van der Waals surface area contributed by atoms with Gasteiger partial charge in [0.05, 0.1) is 5.69 Å². The van der Waals surface area contributed by atoms with E-state index in [-0.39, 0.29) is 0 Å². The Morgan fingerprint density at radius 1 is 1.06 bits per heavy atom. The fraction of sp³-hybridized carbons (Fsp3) is 0.0714. The molecule has 3 heteroatoms. The van der Waals surface area contributed by atoms with E-state index in [0.29, 0.717) is 0 Å². The molecule has 0 atom stereocenters. The molecule has 0 bridgehead atoms. The van der Waals surface area contributed by atoms with Crippen molar-refractivity contribution in [1.29, 1.82) is 0 Å². The summed E-state index contributed by atoms with van der Waals surface area (Å²) >= 11 is 5.01. The van der Waals surface area contributed by atoms with Crippen LogP contribution in [0.25, 0.3) is 22.0 Å². The Labute approximate surface area is 112 Å². The van der Waals surface area contributed by atoms with Crippen molar-refractivity contribution in [1.82, 2.24) is 4.98 Å². The lowest BCUT2D eigenvalue weighted by Gasteiger charge is -2.02. The van der Waals surface area contributed by atoms with Crippen molar-refractivity contribution in [3.63, 3.8) is 0 Å². The predicted molar refractivity (Wildman–Crippen MR) is 77.5 cm³/mol. The van der Waals surface area contributed by atoms with E-state index in [9.17, 15) is 0 Å². The molecule has 3 aromatic rings. The summed E-state index contributed by atoms with van der Waals surface area (Å²) < 4.78 is 0.927. The van der Waals surface area contributed by atoms with Gasteiger partial charge < -0.3 is 0 Å². The van der Waals surface area contributed by atoms with Crippen LogP contribution in [0.5, 0.6) is 0 Å². The highest BCUT2D eigenvalue weighted by Gasteiger charge is 2.03. The highest BCUT2D eigenvalue weighted by Crippen LogP contribution is 2.28. The van der Waals surface area contributed by atoms with Crippen LogP contribution in [0.2, 0.25) is 0 Å². The number of hydrogen-bond donors (Lipinski definition) is 0. The largest absolute Gasteiger partial charge is 0.229 e. The van der Waals surface area contributed by atoms with E-state index in [4.69, 9.17) is 0 Å². The monoisotopic (exact) mass is 303 g/mol. The van der Waals surface area contributed by atoms with E-state index in [1.807, 2.05) is 0 Å². The van der Waals surface area contributed by atoms with E-state index in [0.717, 1.165) is 9.61 Å². The van der Waals surface area contributed by atoms with Crippen molar-refractivity contribution < 1.29 is 0 Å². The lowest BCUT2D eigenvalue weighted by atomic mass is 10.0. The third-order valence-electron chi connectivity index (χ3n) is 2.77. The Morgan fingerprint density at radius 2 is 1.82 bits per heavy atom. The highest BCUT2D eigenvalue weighted by molar-refractivity contribution is 9.11. The van der Waals surface area contributed by atoms with Crippen molar-refractivity contribution >= 4 is 38.0 Å². The fourth-order valence-electron chi connectivity index (χ4n) is 1.91. The van der Waals surface area contributed by atoms with Crippen LogP contribution in [0.4, 0.5) is 0 Å². The Kier molecular flexibility index (Phi) is 2.73. The molecule has 0 amide bonds. The van der Waals surface area contributed by atoms with Crippen molar-refractivity contribution in [3.05, 3.63) is 51.3 Å². The van der Waals surface area contributed by atoms with Gasteiger partial charge in [-0.25, -0.2) is 4.98 Å². The maximum Gasteiger partial charge on any atom is 0.159 e. The van der Waals surface area contributed by atoms with Gasteiger partial charge in [0.25, 0.3) is 0 Å². The van der Waals surface area contributed by atoms with Gasteiger partial charge in [-0.1, -0.05) is 35.9 Å². The van der Waals surface area contributed by atoms with Gasteiger partial charge >= 0.3 is 0 Å². The van der Waals surface area contributed by atoms with Crippen molar-refractivity contribution in [2.75, 3.05) is 0 Å². The SMILES string of the molecule is Cc1ccc2cc(-c3csc(Br)n3)ccc2c1. The van der Waals surface area contributed by atoms with Gasteiger partial charge in [-0.3, -0.25) is 0 Å². The topological polar surface area (TPSA) is 12.9 Å². The maximum absolute atomic E-state index is 4.44. The summed E-state index contributed by atoms with van der Waals surface area (Å²) in [6.07, 6.45) is 0. The molecule has 3 rings (SSSR count). The summed E-state index contributed by atoms with van der Waals surface area (Å²) in [5.74, 6) is 0. The summed E-state index contributed by atoms with van der Waals surface area (Å²) in [5, 5.41) is 4.61. The first-order valence-electron chi connectivity index (χ1n) is 5.34. The molecule has 1 aromatic heterocycles. The average molecular weight is 304 g/mol. The molecule has 0 N–H and O–H groups in total. The second kappa shape index (κ2) is 4.24. The molecule has 84 valence electrons. The molecule has 0 spiro atoms. The molecular formula is C14H10BrNS. The molecule has 2 aromatic carbocycles. The Balaban J connectivity index is 2.16. The van der Waals surface area contributed by atoms with Crippen LogP contribution in [-0.4, -0.2) is 4.98 Å². The number of hydrogen-bond acceptors (Lipinski definition) is 2. The third-order valence-corrected chi connectivity index (χ3v) is 4.13. The molecule has 0 saturated heterocycles. The summed E-state index contributed by atoms with van der Waals surface area (Å²) in [6.45, 7) is 2.12. The smallest absolute Gasteiger partial charge is 0.159 e. The molecule has 0 saturated carbocycles. The van der Waals surface area contributed by atoms with E-state index in [1.54, 1.807) is 11.3 Å². The second-order valence-electron chi connectivity index (χ2n) is 4.05. The minimum atomic E-state index is 0.927. The van der Waals surface area contributed by atoms with Gasteiger partial charge in [-0.05, 0) is 39.7 Å². The van der Waals surface area contributed by atoms with E-state index in [2.05, 4.69) is 69.6 Å². The summed E-state index contributed by atoms with van der Waals surface area (Å²) in [6, 6.07) is 13.0. The quantitative estimate of drug-likeness (QED) is 0.614. The minimum absolute atomic E-state index is 0.927. The fourth-order valence-corrected chi connectivity index (χ4v) is 2.93. The van der Waals surface area contributed by atoms with Crippen LogP contribution in [0.15, 0.2) is 45.7 Å². The summed E-state index contributed by atoms with van der Waals surface area (Å²) in [7, 11) is 0. The van der Waals surface area contributed by atoms with Gasteiger partial charge in [-0.15, -0.1) is 11.3 Å². The molecule has 0 aliphatic rings. The first kappa shape index (κ1) is 10.9. The van der Waals surface area contributed by atoms with Gasteiger partial charge in [0.15, 0.2) is 3.92 Å². The Bertz CT molecular complexity index is 688. The van der Waals surface area contributed by atoms with Crippen molar-refractivity contribution in [2.45, 2.75) is 6.92 Å². The van der Waals surface area contributed by atoms with Crippen molar-refractivity contribution in [2.24, 2.45) is 0 Å². The molecule has 17 heavy (non-hydrogen) atoms. The van der Waals surface area contributed by atoms with E-state index >= 15 is 0 Å². The zero-order valence-corrected chi connectivity index (χ0v) is 11.7. The zero-order chi connectivity index (χ0) is 11.8. The molecule has 0 radical (unpaired) electrons.